The minimum atomic E-state index is 1.03. The number of benzene rings is 4. The van der Waals surface area contributed by atoms with Gasteiger partial charge in [0.2, 0.25) is 0 Å². The first-order valence-corrected chi connectivity index (χ1v) is 14.2. The van der Waals surface area contributed by atoms with Crippen LogP contribution in [0.5, 0.6) is 0 Å². The summed E-state index contributed by atoms with van der Waals surface area (Å²) in [6, 6.07) is 37.0. The zero-order valence-electron chi connectivity index (χ0n) is 21.7. The highest BCUT2D eigenvalue weighted by Crippen LogP contribution is 2.41. The molecule has 0 atom stereocenters. The van der Waals surface area contributed by atoms with Crippen molar-refractivity contribution in [1.29, 1.82) is 0 Å². The smallest absolute Gasteiger partial charge is 0.0963 e. The molecule has 0 aliphatic heterocycles. The fraction of sp³-hybridized carbons (Fsp3) is 0.0286. The molecule has 4 aromatic carbocycles. The van der Waals surface area contributed by atoms with Gasteiger partial charge in [0.15, 0.2) is 0 Å². The molecule has 0 radical (unpaired) electrons. The van der Waals surface area contributed by atoms with Crippen molar-refractivity contribution in [3.8, 4) is 11.4 Å². The summed E-state index contributed by atoms with van der Waals surface area (Å²) < 4.78 is 7.33. The summed E-state index contributed by atoms with van der Waals surface area (Å²) in [4.78, 5) is 9.48. The molecule has 0 saturated heterocycles. The molecule has 0 aliphatic rings. The summed E-state index contributed by atoms with van der Waals surface area (Å²) in [6.07, 6.45) is 3.76. The van der Waals surface area contributed by atoms with Gasteiger partial charge in [-0.2, -0.15) is 0 Å². The molecule has 9 aromatic rings. The monoisotopic (exact) mass is 530 g/mol. The molecule has 40 heavy (non-hydrogen) atoms. The number of aryl methyl sites for hydroxylation is 1. The SMILES string of the molecule is Cc1cc(-n2c3ccccc3c3ncccc32)cc2c1sc1ccc(-n3c4ccccc4c4ncccc43)cc12. The van der Waals surface area contributed by atoms with Gasteiger partial charge in [0.1, 0.15) is 0 Å². The predicted molar refractivity (Wildman–Crippen MR) is 168 cm³/mol. The number of para-hydroxylation sites is 2. The molecule has 5 heterocycles. The Morgan fingerprint density at radius 3 is 1.77 bits per heavy atom. The second-order valence-corrected chi connectivity index (χ2v) is 11.4. The van der Waals surface area contributed by atoms with Crippen LogP contribution in [0.25, 0.3) is 75.4 Å². The molecule has 0 saturated carbocycles. The summed E-state index contributed by atoms with van der Waals surface area (Å²) >= 11 is 1.87. The van der Waals surface area contributed by atoms with Crippen LogP contribution in [-0.2, 0) is 0 Å². The van der Waals surface area contributed by atoms with Gasteiger partial charge in [-0.25, -0.2) is 0 Å². The van der Waals surface area contributed by atoms with E-state index in [0.717, 1.165) is 33.4 Å². The predicted octanol–water partition coefficient (Wildman–Crippen LogP) is 9.35. The van der Waals surface area contributed by atoms with E-state index in [1.54, 1.807) is 0 Å². The van der Waals surface area contributed by atoms with E-state index in [-0.39, 0.29) is 0 Å². The molecule has 0 unspecified atom stereocenters. The van der Waals surface area contributed by atoms with Gasteiger partial charge in [0.25, 0.3) is 0 Å². The summed E-state index contributed by atoms with van der Waals surface area (Å²) in [6.45, 7) is 2.23. The minimum absolute atomic E-state index is 1.03. The highest BCUT2D eigenvalue weighted by Gasteiger charge is 2.17. The normalized spacial score (nSPS) is 12.1. The molecule has 0 amide bonds. The highest BCUT2D eigenvalue weighted by atomic mass is 32.1. The molecule has 0 aliphatic carbocycles. The number of hydrogen-bond donors (Lipinski definition) is 0. The number of rotatable bonds is 2. The largest absolute Gasteiger partial charge is 0.308 e. The number of fused-ring (bicyclic) bond motifs is 9. The van der Waals surface area contributed by atoms with Crippen LogP contribution in [0, 0.1) is 6.92 Å². The van der Waals surface area contributed by atoms with Gasteiger partial charge in [-0.1, -0.05) is 36.4 Å². The number of hydrogen-bond acceptors (Lipinski definition) is 3. The van der Waals surface area contributed by atoms with E-state index in [0.29, 0.717) is 0 Å². The quantitative estimate of drug-likeness (QED) is 0.223. The van der Waals surface area contributed by atoms with Gasteiger partial charge in [-0.3, -0.25) is 9.97 Å². The van der Waals surface area contributed by atoms with E-state index in [2.05, 4.69) is 107 Å². The summed E-state index contributed by atoms with van der Waals surface area (Å²) in [5.74, 6) is 0. The van der Waals surface area contributed by atoms with Crippen molar-refractivity contribution < 1.29 is 0 Å². The third-order valence-electron chi connectivity index (χ3n) is 8.10. The first-order chi connectivity index (χ1) is 19.8. The van der Waals surface area contributed by atoms with E-state index in [9.17, 15) is 0 Å². The molecule has 4 nitrogen and oxygen atoms in total. The molecule has 0 bridgehead atoms. The first-order valence-electron chi connectivity index (χ1n) is 13.4. The number of thiophene rings is 1. The molecular formula is C35H22N4S. The van der Waals surface area contributed by atoms with Gasteiger partial charge in [-0.05, 0) is 79.2 Å². The van der Waals surface area contributed by atoms with Crippen LogP contribution in [-0.4, -0.2) is 19.1 Å². The summed E-state index contributed by atoms with van der Waals surface area (Å²) in [7, 11) is 0. The molecule has 5 aromatic heterocycles. The Labute approximate surface area is 233 Å². The lowest BCUT2D eigenvalue weighted by Crippen LogP contribution is -1.95. The van der Waals surface area contributed by atoms with Crippen molar-refractivity contribution in [3.63, 3.8) is 0 Å². The fourth-order valence-electron chi connectivity index (χ4n) is 6.41. The maximum Gasteiger partial charge on any atom is 0.0963 e. The average Bonchev–Trinajstić information content (AvgIpc) is 3.65. The van der Waals surface area contributed by atoms with Crippen molar-refractivity contribution >= 4 is 75.4 Å². The maximum absolute atomic E-state index is 4.74. The third kappa shape index (κ3) is 2.90. The van der Waals surface area contributed by atoms with Crippen molar-refractivity contribution in [2.24, 2.45) is 0 Å². The van der Waals surface area contributed by atoms with Crippen LogP contribution in [0.1, 0.15) is 5.56 Å². The van der Waals surface area contributed by atoms with Crippen molar-refractivity contribution in [1.82, 2.24) is 19.1 Å². The molecule has 5 heteroatoms. The minimum Gasteiger partial charge on any atom is -0.308 e. The van der Waals surface area contributed by atoms with E-state index in [4.69, 9.17) is 9.97 Å². The Kier molecular flexibility index (Phi) is 4.38. The lowest BCUT2D eigenvalue weighted by molar-refractivity contribution is 1.17. The third-order valence-corrected chi connectivity index (χ3v) is 9.42. The summed E-state index contributed by atoms with van der Waals surface area (Å²) in [5.41, 5.74) is 10.3. The molecular weight excluding hydrogens is 508 g/mol. The van der Waals surface area contributed by atoms with Gasteiger partial charge in [0, 0.05) is 54.7 Å². The molecule has 9 rings (SSSR count). The van der Waals surface area contributed by atoms with Crippen LogP contribution in [0.3, 0.4) is 0 Å². The average molecular weight is 531 g/mol. The molecule has 0 fully saturated rings. The topological polar surface area (TPSA) is 35.6 Å². The van der Waals surface area contributed by atoms with Crippen LogP contribution in [0.15, 0.2) is 116 Å². The van der Waals surface area contributed by atoms with Gasteiger partial charge in [-0.15, -0.1) is 11.3 Å². The molecule has 0 N–H and O–H groups in total. The van der Waals surface area contributed by atoms with Crippen LogP contribution < -0.4 is 0 Å². The summed E-state index contributed by atoms with van der Waals surface area (Å²) in [5, 5.41) is 4.90. The Bertz CT molecular complexity index is 2350. The fourth-order valence-corrected chi connectivity index (χ4v) is 7.54. The Morgan fingerprint density at radius 2 is 1.10 bits per heavy atom. The maximum atomic E-state index is 4.74. The van der Waals surface area contributed by atoms with Gasteiger partial charge >= 0.3 is 0 Å². The Balaban J connectivity index is 1.35. The first kappa shape index (κ1) is 21.9. The van der Waals surface area contributed by atoms with Crippen molar-refractivity contribution in [2.45, 2.75) is 6.92 Å². The standard InChI is InChI=1S/C35H22N4S/c1-21-18-23(39-29-11-5-3-9-25(29)34-31(39)13-7-17-37-34)20-27-26-19-22(14-15-32(26)40-35(21)27)38-28-10-4-2-8-24(28)33-30(38)12-6-16-36-33/h2-20H,1H3. The lowest BCUT2D eigenvalue weighted by atomic mass is 10.1. The van der Waals surface area contributed by atoms with E-state index in [1.807, 2.05) is 35.9 Å². The molecule has 188 valence electrons. The number of aromatic nitrogens is 4. The zero-order valence-corrected chi connectivity index (χ0v) is 22.5. The second-order valence-electron chi connectivity index (χ2n) is 10.4. The lowest BCUT2D eigenvalue weighted by Gasteiger charge is -2.10. The number of pyridine rings is 2. The number of nitrogens with zero attached hydrogens (tertiary/aromatic N) is 4. The van der Waals surface area contributed by atoms with Crippen molar-refractivity contribution in [2.75, 3.05) is 0 Å². The van der Waals surface area contributed by atoms with Crippen molar-refractivity contribution in [3.05, 3.63) is 121 Å². The van der Waals surface area contributed by atoms with Crippen LogP contribution >= 0.6 is 11.3 Å². The Hall–Kier alpha value is -5.00. The highest BCUT2D eigenvalue weighted by molar-refractivity contribution is 7.26. The van der Waals surface area contributed by atoms with Crippen LogP contribution in [0.2, 0.25) is 0 Å². The molecule has 0 spiro atoms. The van der Waals surface area contributed by atoms with Gasteiger partial charge < -0.3 is 9.13 Å². The Morgan fingerprint density at radius 1 is 0.525 bits per heavy atom. The van der Waals surface area contributed by atoms with E-state index >= 15 is 0 Å². The van der Waals surface area contributed by atoms with E-state index in [1.165, 1.54) is 47.5 Å². The van der Waals surface area contributed by atoms with Crippen LogP contribution in [0.4, 0.5) is 0 Å². The second kappa shape index (κ2) is 8.01. The van der Waals surface area contributed by atoms with E-state index < -0.39 is 0 Å². The zero-order chi connectivity index (χ0) is 26.4. The van der Waals surface area contributed by atoms with Gasteiger partial charge in [0.05, 0.1) is 33.1 Å².